The van der Waals surface area contributed by atoms with Gasteiger partial charge in [-0.25, -0.2) is 0 Å². The summed E-state index contributed by atoms with van der Waals surface area (Å²) in [5.74, 6) is 2.98. The van der Waals surface area contributed by atoms with Crippen LogP contribution in [0.4, 0.5) is 0 Å². The van der Waals surface area contributed by atoms with E-state index < -0.39 is 20.2 Å². The first-order chi connectivity index (χ1) is 6.65. The Morgan fingerprint density at radius 3 is 2.71 bits per heavy atom. The fourth-order valence-electron chi connectivity index (χ4n) is 1.53. The van der Waals surface area contributed by atoms with Gasteiger partial charge < -0.3 is 0 Å². The average molecular weight is 300 g/mol. The molecule has 0 aromatic heterocycles. The van der Waals surface area contributed by atoms with E-state index in [4.69, 9.17) is 3.07 Å². The van der Waals surface area contributed by atoms with Crippen molar-refractivity contribution in [3.8, 4) is 9.85 Å². The fourth-order valence-corrected chi connectivity index (χ4v) is 5.89. The molecule has 74 valence electrons. The molecule has 1 nitrogen and oxygen atoms in total. The third-order valence-electron chi connectivity index (χ3n) is 2.16. The van der Waals surface area contributed by atoms with Crippen molar-refractivity contribution in [1.82, 2.24) is 0 Å². The van der Waals surface area contributed by atoms with Crippen molar-refractivity contribution in [2.45, 2.75) is 26.4 Å². The van der Waals surface area contributed by atoms with Gasteiger partial charge in [0.2, 0.25) is 0 Å². The molecular weight excluding hydrogens is 287 g/mol. The van der Waals surface area contributed by atoms with E-state index >= 15 is 0 Å². The quantitative estimate of drug-likeness (QED) is 0.526. The molecule has 1 aromatic carbocycles. The second kappa shape index (κ2) is 3.56. The molecule has 1 aliphatic heterocycles. The molecule has 0 saturated heterocycles. The Morgan fingerprint density at radius 2 is 2.00 bits per heavy atom. The summed E-state index contributed by atoms with van der Waals surface area (Å²) in [4.78, 5) is 0. The Hall–Kier alpha value is -0.530. The molecule has 0 radical (unpaired) electrons. The minimum absolute atomic E-state index is 0.134. The summed E-state index contributed by atoms with van der Waals surface area (Å²) in [6.07, 6.45) is 0. The molecule has 1 aromatic rings. The molecule has 0 aliphatic carbocycles. The van der Waals surface area contributed by atoms with E-state index in [9.17, 15) is 0 Å². The molecular formula is C12H13IO. The molecule has 14 heavy (non-hydrogen) atoms. The topological polar surface area (TPSA) is 9.23 Å². The number of hydrogen-bond donors (Lipinski definition) is 0. The van der Waals surface area contributed by atoms with Gasteiger partial charge in [0.15, 0.2) is 0 Å². The first-order valence-corrected chi connectivity index (χ1v) is 7.60. The molecule has 0 N–H and O–H groups in total. The van der Waals surface area contributed by atoms with Crippen molar-refractivity contribution in [2.24, 2.45) is 0 Å². The van der Waals surface area contributed by atoms with Gasteiger partial charge in [0.1, 0.15) is 0 Å². The van der Waals surface area contributed by atoms with E-state index in [2.05, 4.69) is 48.0 Å². The molecule has 0 bridgehead atoms. The summed E-state index contributed by atoms with van der Waals surface area (Å²) in [6.45, 7) is 6.14. The van der Waals surface area contributed by atoms with Gasteiger partial charge in [-0.3, -0.25) is 0 Å². The third kappa shape index (κ3) is 1.55. The van der Waals surface area contributed by atoms with Crippen LogP contribution in [0.15, 0.2) is 24.3 Å². The summed E-state index contributed by atoms with van der Waals surface area (Å²) in [6, 6.07) is 8.47. The first kappa shape index (κ1) is 10.0. The van der Waals surface area contributed by atoms with E-state index in [1.165, 1.54) is 9.13 Å². The van der Waals surface area contributed by atoms with Crippen LogP contribution in [0.2, 0.25) is 0 Å². The summed E-state index contributed by atoms with van der Waals surface area (Å²) in [7, 11) is 0. The van der Waals surface area contributed by atoms with Gasteiger partial charge in [0.05, 0.1) is 0 Å². The van der Waals surface area contributed by atoms with Gasteiger partial charge >= 0.3 is 92.9 Å². The van der Waals surface area contributed by atoms with Gasteiger partial charge in [-0.1, -0.05) is 0 Å². The number of fused-ring (bicyclic) bond motifs is 1. The van der Waals surface area contributed by atoms with Gasteiger partial charge in [-0.15, -0.1) is 0 Å². The van der Waals surface area contributed by atoms with Gasteiger partial charge in [0.25, 0.3) is 0 Å². The molecule has 1 aliphatic rings. The van der Waals surface area contributed by atoms with Crippen LogP contribution in [0, 0.1) is 13.4 Å². The van der Waals surface area contributed by atoms with Crippen molar-refractivity contribution in [1.29, 1.82) is 0 Å². The maximum atomic E-state index is 6.04. The molecule has 0 saturated carbocycles. The van der Waals surface area contributed by atoms with Crippen molar-refractivity contribution < 1.29 is 3.07 Å². The fraction of sp³-hybridized carbons (Fsp3) is 0.333. The summed E-state index contributed by atoms with van der Waals surface area (Å²) in [5, 5.41) is 0. The molecule has 0 unspecified atom stereocenters. The Bertz CT molecular complexity index is 412. The predicted molar refractivity (Wildman–Crippen MR) is 66.7 cm³/mol. The monoisotopic (exact) mass is 300 g/mol. The number of halogens is 1. The second-order valence-corrected chi connectivity index (χ2v) is 7.22. The zero-order valence-corrected chi connectivity index (χ0v) is 10.8. The van der Waals surface area contributed by atoms with Crippen LogP contribution in [-0.2, 0) is 8.67 Å². The van der Waals surface area contributed by atoms with Gasteiger partial charge in [0, 0.05) is 0 Å². The summed E-state index contributed by atoms with van der Waals surface area (Å²) in [5.41, 5.74) is 1.19. The Labute approximate surface area is 92.8 Å². The summed E-state index contributed by atoms with van der Waals surface area (Å²) < 4.78 is 10.7. The van der Waals surface area contributed by atoms with Crippen molar-refractivity contribution in [3.05, 3.63) is 33.4 Å². The molecule has 0 spiro atoms. The van der Waals surface area contributed by atoms with Gasteiger partial charge in [-0.05, 0) is 0 Å². The van der Waals surface area contributed by atoms with Crippen molar-refractivity contribution in [3.63, 3.8) is 0 Å². The maximum absolute atomic E-state index is 6.04. The zero-order chi connectivity index (χ0) is 10.2. The van der Waals surface area contributed by atoms with Crippen LogP contribution in [0.25, 0.3) is 0 Å². The Balaban J connectivity index is 2.53. The van der Waals surface area contributed by atoms with Crippen LogP contribution < -0.4 is 0 Å². The molecule has 0 fully saturated rings. The number of hydrogen-bond acceptors (Lipinski definition) is 1. The average Bonchev–Trinajstić information content (AvgIpc) is 2.41. The van der Waals surface area contributed by atoms with Crippen molar-refractivity contribution in [2.75, 3.05) is 0 Å². The minimum atomic E-state index is -1.65. The van der Waals surface area contributed by atoms with E-state index in [-0.39, 0.29) is 5.60 Å². The Kier molecular flexibility index (Phi) is 2.54. The number of rotatable bonds is 0. The molecule has 2 heteroatoms. The van der Waals surface area contributed by atoms with Crippen LogP contribution >= 0.6 is 20.2 Å². The van der Waals surface area contributed by atoms with Crippen molar-refractivity contribution >= 4 is 20.2 Å². The third-order valence-corrected chi connectivity index (χ3v) is 6.72. The standard InChI is InChI=1S/C12H13IO/c1-4-9-13-11-8-6-5-7-10(11)12(2,3)14-13/h5-8H,1-3H3. The van der Waals surface area contributed by atoms with Gasteiger partial charge in [-0.2, -0.15) is 0 Å². The SMILES string of the molecule is CC#CI1OC(C)(C)c2ccccc21. The zero-order valence-electron chi connectivity index (χ0n) is 8.60. The van der Waals surface area contributed by atoms with Crippen LogP contribution in [0.1, 0.15) is 26.3 Å². The van der Waals surface area contributed by atoms with Crippen LogP contribution in [0.3, 0.4) is 0 Å². The van der Waals surface area contributed by atoms with Crippen LogP contribution in [-0.4, -0.2) is 0 Å². The molecule has 2 rings (SSSR count). The number of benzene rings is 1. The first-order valence-electron chi connectivity index (χ1n) is 4.56. The van der Waals surface area contributed by atoms with Crippen LogP contribution in [0.5, 0.6) is 0 Å². The predicted octanol–water partition coefficient (Wildman–Crippen LogP) is 3.52. The molecule has 0 amide bonds. The second-order valence-electron chi connectivity index (χ2n) is 3.66. The Morgan fingerprint density at radius 1 is 1.29 bits per heavy atom. The van der Waals surface area contributed by atoms with E-state index in [0.29, 0.717) is 0 Å². The van der Waals surface area contributed by atoms with E-state index in [1.54, 1.807) is 0 Å². The summed E-state index contributed by atoms with van der Waals surface area (Å²) >= 11 is -1.65. The van der Waals surface area contributed by atoms with E-state index in [0.717, 1.165) is 0 Å². The molecule has 0 atom stereocenters. The molecule has 1 heterocycles. The van der Waals surface area contributed by atoms with E-state index in [1.807, 2.05) is 6.92 Å². The normalized spacial score (nSPS) is 19.8.